The van der Waals surface area contributed by atoms with Gasteiger partial charge in [0.2, 0.25) is 5.89 Å². The molecule has 0 amide bonds. The van der Waals surface area contributed by atoms with E-state index in [0.29, 0.717) is 18.3 Å². The molecule has 0 aliphatic rings. The number of hydrogen-bond acceptors (Lipinski definition) is 5. The van der Waals surface area contributed by atoms with E-state index < -0.39 is 0 Å². The lowest BCUT2D eigenvalue weighted by atomic mass is 10.1. The van der Waals surface area contributed by atoms with Gasteiger partial charge in [-0.2, -0.15) is 4.98 Å². The van der Waals surface area contributed by atoms with Gasteiger partial charge >= 0.3 is 0 Å². The Kier molecular flexibility index (Phi) is 4.52. The van der Waals surface area contributed by atoms with Gasteiger partial charge in [-0.15, -0.1) is 0 Å². The Hall–Kier alpha value is -1.88. The van der Waals surface area contributed by atoms with E-state index in [1.807, 2.05) is 38.1 Å². The summed E-state index contributed by atoms with van der Waals surface area (Å²) in [6, 6.07) is 7.81. The standard InChI is InChI=1S/C14H19N3O2/c1-3-18-10(2)14-16-13(19-17-14)9-6-11-4-7-12(15)8-5-11/h4-5,7-8,10H,3,6,9,15H2,1-2H3. The monoisotopic (exact) mass is 261 g/mol. The second kappa shape index (κ2) is 6.33. The fraction of sp³-hybridized carbons (Fsp3) is 0.429. The van der Waals surface area contributed by atoms with Gasteiger partial charge in [0.05, 0.1) is 0 Å². The van der Waals surface area contributed by atoms with Crippen molar-refractivity contribution in [3.63, 3.8) is 0 Å². The van der Waals surface area contributed by atoms with Crippen LogP contribution in [0, 0.1) is 0 Å². The fourth-order valence-electron chi connectivity index (χ4n) is 1.79. The van der Waals surface area contributed by atoms with E-state index in [9.17, 15) is 0 Å². The molecule has 5 nitrogen and oxygen atoms in total. The van der Waals surface area contributed by atoms with Crippen LogP contribution in [0.15, 0.2) is 28.8 Å². The Balaban J connectivity index is 1.91. The molecule has 0 aliphatic heterocycles. The molecule has 1 aromatic carbocycles. The number of nitrogen functional groups attached to an aromatic ring is 1. The summed E-state index contributed by atoms with van der Waals surface area (Å²) >= 11 is 0. The number of ether oxygens (including phenoxy) is 1. The molecule has 2 N–H and O–H groups in total. The van der Waals surface area contributed by atoms with E-state index in [0.717, 1.165) is 18.5 Å². The summed E-state index contributed by atoms with van der Waals surface area (Å²) in [5, 5.41) is 3.93. The molecule has 0 bridgehead atoms. The van der Waals surface area contributed by atoms with E-state index in [1.165, 1.54) is 5.56 Å². The maximum atomic E-state index is 5.64. The Morgan fingerprint density at radius 1 is 1.26 bits per heavy atom. The molecule has 19 heavy (non-hydrogen) atoms. The Morgan fingerprint density at radius 3 is 2.68 bits per heavy atom. The SMILES string of the molecule is CCOC(C)c1noc(CCc2ccc(N)cc2)n1. The summed E-state index contributed by atoms with van der Waals surface area (Å²) in [4.78, 5) is 4.33. The maximum absolute atomic E-state index is 5.64. The van der Waals surface area contributed by atoms with Crippen molar-refractivity contribution < 1.29 is 9.26 Å². The predicted octanol–water partition coefficient (Wildman–Crippen LogP) is 2.53. The van der Waals surface area contributed by atoms with Crippen LogP contribution in [0.25, 0.3) is 0 Å². The third-order valence-electron chi connectivity index (χ3n) is 2.87. The van der Waals surface area contributed by atoms with Crippen LogP contribution < -0.4 is 5.73 Å². The van der Waals surface area contributed by atoms with Gasteiger partial charge in [0.15, 0.2) is 5.82 Å². The van der Waals surface area contributed by atoms with Crippen molar-refractivity contribution in [1.82, 2.24) is 10.1 Å². The lowest BCUT2D eigenvalue weighted by molar-refractivity contribution is 0.0683. The van der Waals surface area contributed by atoms with Crippen LogP contribution in [0.4, 0.5) is 5.69 Å². The molecule has 0 fully saturated rings. The minimum atomic E-state index is -0.126. The van der Waals surface area contributed by atoms with Crippen molar-refractivity contribution in [1.29, 1.82) is 0 Å². The van der Waals surface area contributed by atoms with Crippen LogP contribution in [-0.4, -0.2) is 16.7 Å². The second-order valence-electron chi connectivity index (χ2n) is 4.39. The largest absolute Gasteiger partial charge is 0.399 e. The van der Waals surface area contributed by atoms with Crippen LogP contribution in [0.2, 0.25) is 0 Å². The number of aromatic nitrogens is 2. The molecular formula is C14H19N3O2. The molecule has 1 heterocycles. The first-order chi connectivity index (χ1) is 9.19. The molecular weight excluding hydrogens is 242 g/mol. The molecule has 2 rings (SSSR count). The topological polar surface area (TPSA) is 74.2 Å². The van der Waals surface area contributed by atoms with E-state index in [4.69, 9.17) is 15.0 Å². The highest BCUT2D eigenvalue weighted by molar-refractivity contribution is 5.39. The van der Waals surface area contributed by atoms with Crippen molar-refractivity contribution in [2.24, 2.45) is 0 Å². The molecule has 0 radical (unpaired) electrons. The average molecular weight is 261 g/mol. The Labute approximate surface area is 112 Å². The minimum Gasteiger partial charge on any atom is -0.399 e. The van der Waals surface area contributed by atoms with Crippen molar-refractivity contribution >= 4 is 5.69 Å². The van der Waals surface area contributed by atoms with Gasteiger partial charge in [-0.3, -0.25) is 0 Å². The first-order valence-electron chi connectivity index (χ1n) is 6.47. The zero-order valence-electron chi connectivity index (χ0n) is 11.3. The number of anilines is 1. The number of aryl methyl sites for hydroxylation is 2. The number of rotatable bonds is 6. The van der Waals surface area contributed by atoms with Gasteiger partial charge in [0.1, 0.15) is 6.10 Å². The summed E-state index contributed by atoms with van der Waals surface area (Å²) in [5.74, 6) is 1.24. The van der Waals surface area contributed by atoms with Crippen LogP contribution in [-0.2, 0) is 17.6 Å². The number of nitrogens with zero attached hydrogens (tertiary/aromatic N) is 2. The number of nitrogens with two attached hydrogens (primary N) is 1. The van der Waals surface area contributed by atoms with E-state index in [2.05, 4.69) is 10.1 Å². The average Bonchev–Trinajstić information content (AvgIpc) is 2.87. The molecule has 0 saturated heterocycles. The number of hydrogen-bond donors (Lipinski definition) is 1. The van der Waals surface area contributed by atoms with Crippen molar-refractivity contribution in [2.45, 2.75) is 32.8 Å². The van der Waals surface area contributed by atoms with Gasteiger partial charge in [0, 0.05) is 18.7 Å². The highest BCUT2D eigenvalue weighted by atomic mass is 16.5. The third kappa shape index (κ3) is 3.79. The quantitative estimate of drug-likeness (QED) is 0.809. The highest BCUT2D eigenvalue weighted by Gasteiger charge is 2.13. The Bertz CT molecular complexity index is 508. The molecule has 5 heteroatoms. The number of benzene rings is 1. The van der Waals surface area contributed by atoms with Crippen LogP contribution in [0.1, 0.15) is 37.2 Å². The summed E-state index contributed by atoms with van der Waals surface area (Å²) in [7, 11) is 0. The van der Waals surface area contributed by atoms with Crippen LogP contribution >= 0.6 is 0 Å². The fourth-order valence-corrected chi connectivity index (χ4v) is 1.79. The maximum Gasteiger partial charge on any atom is 0.227 e. The smallest absolute Gasteiger partial charge is 0.227 e. The van der Waals surface area contributed by atoms with Gasteiger partial charge in [-0.1, -0.05) is 17.3 Å². The van der Waals surface area contributed by atoms with Crippen molar-refractivity contribution in [2.75, 3.05) is 12.3 Å². The van der Waals surface area contributed by atoms with Crippen molar-refractivity contribution in [3.05, 3.63) is 41.5 Å². The molecule has 0 aliphatic carbocycles. The van der Waals surface area contributed by atoms with Crippen LogP contribution in [0.5, 0.6) is 0 Å². The lowest BCUT2D eigenvalue weighted by Crippen LogP contribution is -2.01. The van der Waals surface area contributed by atoms with E-state index in [-0.39, 0.29) is 6.10 Å². The zero-order valence-corrected chi connectivity index (χ0v) is 11.3. The summed E-state index contributed by atoms with van der Waals surface area (Å²) in [5.41, 5.74) is 7.62. The molecule has 1 unspecified atom stereocenters. The normalized spacial score (nSPS) is 12.5. The molecule has 102 valence electrons. The Morgan fingerprint density at radius 2 is 2.00 bits per heavy atom. The van der Waals surface area contributed by atoms with Gasteiger partial charge in [-0.05, 0) is 38.0 Å². The van der Waals surface area contributed by atoms with Crippen molar-refractivity contribution in [3.8, 4) is 0 Å². The molecule has 0 saturated carbocycles. The summed E-state index contributed by atoms with van der Waals surface area (Å²) in [6.45, 7) is 4.49. The zero-order chi connectivity index (χ0) is 13.7. The predicted molar refractivity (Wildman–Crippen MR) is 72.6 cm³/mol. The summed E-state index contributed by atoms with van der Waals surface area (Å²) < 4.78 is 10.6. The third-order valence-corrected chi connectivity index (χ3v) is 2.87. The summed E-state index contributed by atoms with van der Waals surface area (Å²) in [6.07, 6.45) is 1.44. The molecule has 1 aromatic heterocycles. The first kappa shape index (κ1) is 13.5. The minimum absolute atomic E-state index is 0.126. The first-order valence-corrected chi connectivity index (χ1v) is 6.47. The molecule has 1 atom stereocenters. The van der Waals surface area contributed by atoms with Gasteiger partial charge < -0.3 is 15.0 Å². The second-order valence-corrected chi connectivity index (χ2v) is 4.39. The van der Waals surface area contributed by atoms with E-state index >= 15 is 0 Å². The molecule has 0 spiro atoms. The van der Waals surface area contributed by atoms with E-state index in [1.54, 1.807) is 0 Å². The van der Waals surface area contributed by atoms with Gasteiger partial charge in [0.25, 0.3) is 0 Å². The lowest BCUT2D eigenvalue weighted by Gasteiger charge is -2.04. The van der Waals surface area contributed by atoms with Gasteiger partial charge in [-0.25, -0.2) is 0 Å². The molecule has 2 aromatic rings. The van der Waals surface area contributed by atoms with Crippen LogP contribution in [0.3, 0.4) is 0 Å². The highest BCUT2D eigenvalue weighted by Crippen LogP contribution is 2.14.